The monoisotopic (exact) mass is 229 g/mol. The number of aliphatic hydroxyl groups excluding tert-OH is 1. The van der Waals surface area contributed by atoms with Gasteiger partial charge in [-0.1, -0.05) is 12.1 Å². The van der Waals surface area contributed by atoms with Crippen LogP contribution >= 0.6 is 11.3 Å². The highest BCUT2D eigenvalue weighted by Crippen LogP contribution is 2.23. The number of hydrogen-bond donors (Lipinski definition) is 1. The van der Waals surface area contributed by atoms with E-state index in [2.05, 4.69) is 33.7 Å². The average molecular weight is 229 g/mol. The first-order chi connectivity index (χ1) is 7.88. The molecule has 0 amide bonds. The van der Waals surface area contributed by atoms with Gasteiger partial charge in [-0.15, -0.1) is 0 Å². The van der Waals surface area contributed by atoms with Gasteiger partial charge in [-0.2, -0.15) is 11.3 Å². The van der Waals surface area contributed by atoms with Gasteiger partial charge in [-0.05, 0) is 34.5 Å². The molecule has 0 aliphatic carbocycles. The number of benzene rings is 1. The Morgan fingerprint density at radius 1 is 1.19 bits per heavy atom. The lowest BCUT2D eigenvalue weighted by atomic mass is 10.2. The highest BCUT2D eigenvalue weighted by atomic mass is 32.1. The van der Waals surface area contributed by atoms with Crippen LogP contribution in [0.25, 0.3) is 16.6 Å². The van der Waals surface area contributed by atoms with Crippen molar-refractivity contribution in [3.8, 4) is 5.69 Å². The molecule has 0 aliphatic heterocycles. The lowest BCUT2D eigenvalue weighted by Crippen LogP contribution is -1.90. The van der Waals surface area contributed by atoms with Crippen molar-refractivity contribution in [1.29, 1.82) is 0 Å². The van der Waals surface area contributed by atoms with Gasteiger partial charge >= 0.3 is 0 Å². The van der Waals surface area contributed by atoms with E-state index in [-0.39, 0.29) is 6.61 Å². The van der Waals surface area contributed by atoms with Crippen molar-refractivity contribution in [2.45, 2.75) is 6.61 Å². The molecule has 0 aliphatic rings. The Morgan fingerprint density at radius 2 is 2.12 bits per heavy atom. The van der Waals surface area contributed by atoms with E-state index in [4.69, 9.17) is 5.11 Å². The molecule has 0 atom stereocenters. The van der Waals surface area contributed by atoms with Crippen molar-refractivity contribution in [3.05, 3.63) is 52.9 Å². The summed E-state index contributed by atoms with van der Waals surface area (Å²) >= 11 is 1.69. The molecule has 0 bridgehead atoms. The summed E-state index contributed by atoms with van der Waals surface area (Å²) in [5.41, 5.74) is 3.27. The first-order valence-electron chi connectivity index (χ1n) is 5.12. The van der Waals surface area contributed by atoms with Crippen molar-refractivity contribution < 1.29 is 5.11 Å². The highest BCUT2D eigenvalue weighted by molar-refractivity contribution is 7.08. The van der Waals surface area contributed by atoms with Crippen LogP contribution in [0.5, 0.6) is 0 Å². The van der Waals surface area contributed by atoms with Gasteiger partial charge in [0.15, 0.2) is 0 Å². The predicted octanol–water partition coefficient (Wildman–Crippen LogP) is 3.18. The molecular formula is C13H11NOS. The third-order valence-electron chi connectivity index (χ3n) is 2.72. The number of aliphatic hydroxyl groups is 1. The molecular weight excluding hydrogens is 218 g/mol. The maximum Gasteiger partial charge on any atom is 0.0682 e. The normalized spacial score (nSPS) is 11.1. The SMILES string of the molecule is OCc1ccc2ccn(-c3ccsc3)c2c1. The minimum Gasteiger partial charge on any atom is -0.392 e. The number of hydrogen-bond acceptors (Lipinski definition) is 2. The molecule has 0 saturated carbocycles. The fourth-order valence-electron chi connectivity index (χ4n) is 1.89. The smallest absolute Gasteiger partial charge is 0.0682 e. The van der Waals surface area contributed by atoms with Gasteiger partial charge in [0.25, 0.3) is 0 Å². The van der Waals surface area contributed by atoms with Crippen LogP contribution in [0.3, 0.4) is 0 Å². The Kier molecular flexibility index (Phi) is 2.27. The average Bonchev–Trinajstić information content (AvgIpc) is 2.96. The number of thiophene rings is 1. The van der Waals surface area contributed by atoms with Crippen LogP contribution in [-0.4, -0.2) is 9.67 Å². The van der Waals surface area contributed by atoms with E-state index in [1.165, 1.54) is 11.1 Å². The Morgan fingerprint density at radius 3 is 2.88 bits per heavy atom. The minimum atomic E-state index is 0.0881. The van der Waals surface area contributed by atoms with Crippen molar-refractivity contribution >= 4 is 22.2 Å². The highest BCUT2D eigenvalue weighted by Gasteiger charge is 2.04. The van der Waals surface area contributed by atoms with Gasteiger partial charge in [0, 0.05) is 11.6 Å². The van der Waals surface area contributed by atoms with Crippen LogP contribution in [0.4, 0.5) is 0 Å². The molecule has 0 spiro atoms. The second kappa shape index (κ2) is 3.77. The molecule has 2 nitrogen and oxygen atoms in total. The molecule has 2 aromatic heterocycles. The molecule has 80 valence electrons. The summed E-state index contributed by atoms with van der Waals surface area (Å²) in [5, 5.41) is 14.5. The minimum absolute atomic E-state index is 0.0881. The third kappa shape index (κ3) is 1.45. The summed E-state index contributed by atoms with van der Waals surface area (Å²) in [4.78, 5) is 0. The fraction of sp³-hybridized carbons (Fsp3) is 0.0769. The topological polar surface area (TPSA) is 25.2 Å². The van der Waals surface area contributed by atoms with Crippen molar-refractivity contribution in [2.75, 3.05) is 0 Å². The molecule has 0 saturated heterocycles. The summed E-state index contributed by atoms with van der Waals surface area (Å²) in [7, 11) is 0. The van der Waals surface area contributed by atoms with Gasteiger partial charge in [-0.25, -0.2) is 0 Å². The van der Waals surface area contributed by atoms with E-state index >= 15 is 0 Å². The Bertz CT molecular complexity index is 610. The largest absolute Gasteiger partial charge is 0.392 e. The lowest BCUT2D eigenvalue weighted by Gasteiger charge is -2.03. The van der Waals surface area contributed by atoms with E-state index < -0.39 is 0 Å². The second-order valence-corrected chi connectivity index (χ2v) is 4.50. The van der Waals surface area contributed by atoms with Gasteiger partial charge in [0.1, 0.15) is 0 Å². The summed E-state index contributed by atoms with van der Waals surface area (Å²) < 4.78 is 2.14. The van der Waals surface area contributed by atoms with Crippen molar-refractivity contribution in [2.24, 2.45) is 0 Å². The van der Waals surface area contributed by atoms with Crippen LogP contribution in [0, 0.1) is 0 Å². The molecule has 1 N–H and O–H groups in total. The van der Waals surface area contributed by atoms with Crippen LogP contribution in [-0.2, 0) is 6.61 Å². The van der Waals surface area contributed by atoms with Gasteiger partial charge in [-0.3, -0.25) is 0 Å². The molecule has 3 heteroatoms. The van der Waals surface area contributed by atoms with Gasteiger partial charge < -0.3 is 9.67 Å². The maximum atomic E-state index is 9.15. The van der Waals surface area contributed by atoms with Crippen molar-refractivity contribution in [3.63, 3.8) is 0 Å². The quantitative estimate of drug-likeness (QED) is 0.717. The second-order valence-electron chi connectivity index (χ2n) is 3.72. The summed E-state index contributed by atoms with van der Waals surface area (Å²) in [6.07, 6.45) is 2.06. The van der Waals surface area contributed by atoms with E-state index in [1.54, 1.807) is 11.3 Å². The molecule has 16 heavy (non-hydrogen) atoms. The van der Waals surface area contributed by atoms with Gasteiger partial charge in [0.2, 0.25) is 0 Å². The van der Waals surface area contributed by atoms with E-state index in [0.717, 1.165) is 11.1 Å². The van der Waals surface area contributed by atoms with Crippen LogP contribution in [0.2, 0.25) is 0 Å². The number of rotatable bonds is 2. The number of aromatic nitrogens is 1. The zero-order valence-electron chi connectivity index (χ0n) is 8.63. The van der Waals surface area contributed by atoms with Crippen LogP contribution < -0.4 is 0 Å². The standard InChI is InChI=1S/C13H11NOS/c15-8-10-1-2-11-3-5-14(13(11)7-10)12-4-6-16-9-12/h1-7,9,15H,8H2. The predicted molar refractivity (Wildman–Crippen MR) is 67.1 cm³/mol. The molecule has 3 aromatic rings. The lowest BCUT2D eigenvalue weighted by molar-refractivity contribution is 0.282. The summed E-state index contributed by atoms with van der Waals surface area (Å²) in [6.45, 7) is 0.0881. The first-order valence-corrected chi connectivity index (χ1v) is 6.06. The van der Waals surface area contributed by atoms with Gasteiger partial charge in [0.05, 0.1) is 17.8 Å². The van der Waals surface area contributed by atoms with Crippen LogP contribution in [0.1, 0.15) is 5.56 Å². The molecule has 0 unspecified atom stereocenters. The first kappa shape index (κ1) is 9.63. The van der Waals surface area contributed by atoms with Crippen molar-refractivity contribution in [1.82, 2.24) is 4.57 Å². The summed E-state index contributed by atoms with van der Waals surface area (Å²) in [5.74, 6) is 0. The fourth-order valence-corrected chi connectivity index (χ4v) is 2.52. The molecule has 3 rings (SSSR count). The Hall–Kier alpha value is -1.58. The molecule has 1 aromatic carbocycles. The molecule has 2 heterocycles. The zero-order chi connectivity index (χ0) is 11.0. The zero-order valence-corrected chi connectivity index (χ0v) is 9.45. The number of fused-ring (bicyclic) bond motifs is 1. The van der Waals surface area contributed by atoms with E-state index in [1.807, 2.05) is 18.2 Å². The molecule has 0 fully saturated rings. The molecule has 0 radical (unpaired) electrons. The number of nitrogens with zero attached hydrogens (tertiary/aromatic N) is 1. The van der Waals surface area contributed by atoms with E-state index in [0.29, 0.717) is 0 Å². The van der Waals surface area contributed by atoms with Crippen LogP contribution in [0.15, 0.2) is 47.3 Å². The third-order valence-corrected chi connectivity index (χ3v) is 3.40. The van der Waals surface area contributed by atoms with E-state index in [9.17, 15) is 0 Å². The summed E-state index contributed by atoms with van der Waals surface area (Å²) in [6, 6.07) is 10.2. The Balaban J connectivity index is 2.25. The maximum absolute atomic E-state index is 9.15. The Labute approximate surface area is 97.4 Å².